The Hall–Kier alpha value is -2.82. The first-order valence-corrected chi connectivity index (χ1v) is 7.70. The first-order chi connectivity index (χ1) is 11.3. The molecule has 1 N–H and O–H groups in total. The third-order valence-electron chi connectivity index (χ3n) is 3.45. The molecule has 5 nitrogen and oxygen atoms in total. The van der Waals surface area contributed by atoms with Crippen LogP contribution in [0.4, 0.5) is 11.4 Å². The number of hydrogen-bond donors (Lipinski definition) is 1. The SMILES string of the molecule is CNC(=O)c1ccc(N=Nc2ccc(C(=O)C(C)(C)C)cc2)cc1. The van der Waals surface area contributed by atoms with Crippen molar-refractivity contribution in [2.45, 2.75) is 20.8 Å². The van der Waals surface area contributed by atoms with Crippen LogP contribution in [0.1, 0.15) is 41.5 Å². The molecule has 5 heteroatoms. The van der Waals surface area contributed by atoms with Crippen LogP contribution in [-0.2, 0) is 0 Å². The van der Waals surface area contributed by atoms with Crippen LogP contribution in [0.25, 0.3) is 0 Å². The van der Waals surface area contributed by atoms with E-state index in [9.17, 15) is 9.59 Å². The topological polar surface area (TPSA) is 70.9 Å². The Morgan fingerprint density at radius 1 is 0.792 bits per heavy atom. The number of nitrogens with zero attached hydrogens (tertiary/aromatic N) is 2. The maximum atomic E-state index is 12.2. The van der Waals surface area contributed by atoms with E-state index in [0.717, 1.165) is 0 Å². The average Bonchev–Trinajstić information content (AvgIpc) is 2.58. The fourth-order valence-electron chi connectivity index (χ4n) is 2.05. The molecule has 0 heterocycles. The molecule has 0 saturated heterocycles. The average molecular weight is 323 g/mol. The van der Waals surface area contributed by atoms with Crippen LogP contribution in [0.3, 0.4) is 0 Å². The van der Waals surface area contributed by atoms with Crippen molar-refractivity contribution in [3.63, 3.8) is 0 Å². The smallest absolute Gasteiger partial charge is 0.251 e. The van der Waals surface area contributed by atoms with Gasteiger partial charge in [-0.2, -0.15) is 10.2 Å². The van der Waals surface area contributed by atoms with Crippen molar-refractivity contribution in [2.24, 2.45) is 15.6 Å². The third kappa shape index (κ3) is 4.35. The highest BCUT2D eigenvalue weighted by molar-refractivity contribution is 6.00. The summed E-state index contributed by atoms with van der Waals surface area (Å²) in [6, 6.07) is 13.9. The molecule has 124 valence electrons. The second-order valence-corrected chi connectivity index (χ2v) is 6.45. The fourth-order valence-corrected chi connectivity index (χ4v) is 2.05. The van der Waals surface area contributed by atoms with E-state index in [-0.39, 0.29) is 11.7 Å². The summed E-state index contributed by atoms with van der Waals surface area (Å²) in [7, 11) is 1.59. The minimum atomic E-state index is -0.407. The van der Waals surface area contributed by atoms with Gasteiger partial charge in [-0.1, -0.05) is 20.8 Å². The van der Waals surface area contributed by atoms with Gasteiger partial charge in [-0.3, -0.25) is 9.59 Å². The zero-order chi connectivity index (χ0) is 17.7. The Morgan fingerprint density at radius 3 is 1.58 bits per heavy atom. The van der Waals surface area contributed by atoms with E-state index in [1.165, 1.54) is 0 Å². The van der Waals surface area contributed by atoms with Crippen LogP contribution in [0.5, 0.6) is 0 Å². The monoisotopic (exact) mass is 323 g/mol. The number of Topliss-reactive ketones (excluding diaryl/α,β-unsaturated/α-hetero) is 1. The van der Waals surface area contributed by atoms with E-state index in [4.69, 9.17) is 0 Å². The van der Waals surface area contributed by atoms with Crippen molar-refractivity contribution < 1.29 is 9.59 Å². The van der Waals surface area contributed by atoms with Gasteiger partial charge in [0.15, 0.2) is 5.78 Å². The van der Waals surface area contributed by atoms with Crippen LogP contribution in [0.2, 0.25) is 0 Å². The minimum Gasteiger partial charge on any atom is -0.355 e. The standard InChI is InChI=1S/C19H21N3O2/c1-19(2,3)17(23)13-5-9-15(10-6-13)21-22-16-11-7-14(8-12-16)18(24)20-4/h5-12H,1-4H3,(H,20,24). The lowest BCUT2D eigenvalue weighted by atomic mass is 9.86. The van der Waals surface area contributed by atoms with Gasteiger partial charge in [0, 0.05) is 23.6 Å². The molecule has 0 spiro atoms. The van der Waals surface area contributed by atoms with Crippen LogP contribution >= 0.6 is 0 Å². The minimum absolute atomic E-state index is 0.0933. The molecule has 0 bridgehead atoms. The number of benzene rings is 2. The maximum Gasteiger partial charge on any atom is 0.251 e. The lowest BCUT2D eigenvalue weighted by Gasteiger charge is -2.16. The Kier molecular flexibility index (Phi) is 5.24. The predicted molar refractivity (Wildman–Crippen MR) is 94.2 cm³/mol. The molecule has 0 radical (unpaired) electrons. The molecular weight excluding hydrogens is 302 g/mol. The molecule has 0 atom stereocenters. The number of carbonyl (C=O) groups is 2. The highest BCUT2D eigenvalue weighted by atomic mass is 16.1. The van der Waals surface area contributed by atoms with Gasteiger partial charge in [-0.05, 0) is 48.5 Å². The Balaban J connectivity index is 2.09. The van der Waals surface area contributed by atoms with E-state index in [1.54, 1.807) is 55.6 Å². The van der Waals surface area contributed by atoms with E-state index >= 15 is 0 Å². The molecule has 1 amide bonds. The van der Waals surface area contributed by atoms with Crippen molar-refractivity contribution in [3.05, 3.63) is 59.7 Å². The molecule has 0 fully saturated rings. The summed E-state index contributed by atoms with van der Waals surface area (Å²) in [4.78, 5) is 23.7. The summed E-state index contributed by atoms with van der Waals surface area (Å²) in [5.41, 5.74) is 2.14. The zero-order valence-electron chi connectivity index (χ0n) is 14.3. The van der Waals surface area contributed by atoms with Crippen LogP contribution in [0, 0.1) is 5.41 Å². The lowest BCUT2D eigenvalue weighted by molar-refractivity contribution is 0.0858. The Bertz CT molecular complexity index is 755. The third-order valence-corrected chi connectivity index (χ3v) is 3.45. The van der Waals surface area contributed by atoms with Crippen LogP contribution in [0.15, 0.2) is 58.8 Å². The van der Waals surface area contributed by atoms with Gasteiger partial charge in [0.05, 0.1) is 11.4 Å². The fraction of sp³-hybridized carbons (Fsp3) is 0.263. The van der Waals surface area contributed by atoms with Crippen LogP contribution < -0.4 is 5.32 Å². The largest absolute Gasteiger partial charge is 0.355 e. The summed E-state index contributed by atoms with van der Waals surface area (Å²) in [5, 5.41) is 10.8. The van der Waals surface area contributed by atoms with E-state index in [2.05, 4.69) is 15.5 Å². The van der Waals surface area contributed by atoms with E-state index < -0.39 is 5.41 Å². The molecular formula is C19H21N3O2. The van der Waals surface area contributed by atoms with Gasteiger partial charge in [0.25, 0.3) is 5.91 Å². The molecule has 0 unspecified atom stereocenters. The molecule has 2 aromatic carbocycles. The molecule has 0 aliphatic heterocycles. The highest BCUT2D eigenvalue weighted by Gasteiger charge is 2.22. The molecule has 2 rings (SSSR count). The summed E-state index contributed by atoms with van der Waals surface area (Å²) in [5.74, 6) is -0.0478. The highest BCUT2D eigenvalue weighted by Crippen LogP contribution is 2.23. The number of azo groups is 1. The first-order valence-electron chi connectivity index (χ1n) is 7.70. The number of nitrogens with one attached hydrogen (secondary N) is 1. The summed E-state index contributed by atoms with van der Waals surface area (Å²) in [6.45, 7) is 5.68. The molecule has 2 aromatic rings. The van der Waals surface area contributed by atoms with Gasteiger partial charge < -0.3 is 5.32 Å². The first kappa shape index (κ1) is 17.5. The number of amides is 1. The molecule has 0 aromatic heterocycles. The van der Waals surface area contributed by atoms with Gasteiger partial charge in [-0.15, -0.1) is 0 Å². The van der Waals surface area contributed by atoms with Crippen molar-refractivity contribution in [1.82, 2.24) is 5.32 Å². The summed E-state index contributed by atoms with van der Waals surface area (Å²) in [6.07, 6.45) is 0. The van der Waals surface area contributed by atoms with Crippen molar-refractivity contribution in [3.8, 4) is 0 Å². The van der Waals surface area contributed by atoms with Gasteiger partial charge in [-0.25, -0.2) is 0 Å². The summed E-state index contributed by atoms with van der Waals surface area (Å²) >= 11 is 0. The van der Waals surface area contributed by atoms with Gasteiger partial charge >= 0.3 is 0 Å². The molecule has 24 heavy (non-hydrogen) atoms. The Morgan fingerprint density at radius 2 is 1.21 bits per heavy atom. The predicted octanol–water partition coefficient (Wildman–Crippen LogP) is 4.69. The summed E-state index contributed by atoms with van der Waals surface area (Å²) < 4.78 is 0. The quantitative estimate of drug-likeness (QED) is 0.655. The number of rotatable bonds is 4. The zero-order valence-corrected chi connectivity index (χ0v) is 14.3. The lowest BCUT2D eigenvalue weighted by Crippen LogP contribution is -2.19. The molecule has 0 aliphatic carbocycles. The van der Waals surface area contributed by atoms with Crippen molar-refractivity contribution >= 4 is 23.1 Å². The van der Waals surface area contributed by atoms with Gasteiger partial charge in [0.1, 0.15) is 0 Å². The number of hydrogen-bond acceptors (Lipinski definition) is 4. The van der Waals surface area contributed by atoms with E-state index in [0.29, 0.717) is 22.5 Å². The second-order valence-electron chi connectivity index (χ2n) is 6.45. The van der Waals surface area contributed by atoms with Gasteiger partial charge in [0.2, 0.25) is 0 Å². The second kappa shape index (κ2) is 7.17. The Labute approximate surface area is 141 Å². The van der Waals surface area contributed by atoms with Crippen LogP contribution in [-0.4, -0.2) is 18.7 Å². The maximum absolute atomic E-state index is 12.2. The van der Waals surface area contributed by atoms with Crippen molar-refractivity contribution in [2.75, 3.05) is 7.05 Å². The molecule has 0 saturated carbocycles. The van der Waals surface area contributed by atoms with E-state index in [1.807, 2.05) is 20.8 Å². The number of ketones is 1. The normalized spacial score (nSPS) is 11.5. The molecule has 0 aliphatic rings. The van der Waals surface area contributed by atoms with Crippen molar-refractivity contribution in [1.29, 1.82) is 0 Å². The number of carbonyl (C=O) groups excluding carboxylic acids is 2.